The largest absolute Gasteiger partial charge is 0.283 e. The van der Waals surface area contributed by atoms with Crippen molar-refractivity contribution >= 4 is 15.7 Å². The van der Waals surface area contributed by atoms with Crippen LogP contribution >= 0.6 is 0 Å². The van der Waals surface area contributed by atoms with Crippen LogP contribution in [0.3, 0.4) is 0 Å². The summed E-state index contributed by atoms with van der Waals surface area (Å²) in [5, 5.41) is 0. The van der Waals surface area contributed by atoms with Crippen molar-refractivity contribution in [3.05, 3.63) is 65.2 Å². The summed E-state index contributed by atoms with van der Waals surface area (Å²) in [7, 11) is -3.37. The zero-order valence-corrected chi connectivity index (χ0v) is 11.9. The van der Waals surface area contributed by atoms with Gasteiger partial charge in [0.15, 0.2) is 0 Å². The van der Waals surface area contributed by atoms with Gasteiger partial charge in [-0.15, -0.1) is 0 Å². The quantitative estimate of drug-likeness (QED) is 0.931. The van der Waals surface area contributed by atoms with Gasteiger partial charge in [-0.1, -0.05) is 48.0 Å². The number of nitrogens with one attached hydrogen (secondary N) is 1. The topological polar surface area (TPSA) is 46.2 Å². The molecular formula is C15H17NO2S. The molecule has 1 N–H and O–H groups in total. The molecule has 0 aromatic heterocycles. The second kappa shape index (κ2) is 5.45. The van der Waals surface area contributed by atoms with Crippen LogP contribution in [0.25, 0.3) is 0 Å². The fourth-order valence-electron chi connectivity index (χ4n) is 1.93. The van der Waals surface area contributed by atoms with Crippen molar-refractivity contribution in [2.75, 3.05) is 4.72 Å². The lowest BCUT2D eigenvalue weighted by atomic mass is 10.1. The summed E-state index contributed by atoms with van der Waals surface area (Å²) < 4.78 is 26.8. The van der Waals surface area contributed by atoms with Crippen molar-refractivity contribution < 1.29 is 8.42 Å². The molecular weight excluding hydrogens is 258 g/mol. The van der Waals surface area contributed by atoms with Crippen molar-refractivity contribution in [3.63, 3.8) is 0 Å². The highest BCUT2D eigenvalue weighted by Crippen LogP contribution is 2.18. The zero-order chi connectivity index (χ0) is 13.9. The van der Waals surface area contributed by atoms with Crippen molar-refractivity contribution in [1.29, 1.82) is 0 Å². The summed E-state index contributed by atoms with van der Waals surface area (Å²) in [6, 6.07) is 14.8. The molecule has 0 atom stereocenters. The van der Waals surface area contributed by atoms with Crippen molar-refractivity contribution in [3.8, 4) is 0 Å². The van der Waals surface area contributed by atoms with Gasteiger partial charge in [0.05, 0.1) is 11.4 Å². The minimum atomic E-state index is -3.37. The highest BCUT2D eigenvalue weighted by atomic mass is 32.2. The fourth-order valence-corrected chi connectivity index (χ4v) is 3.19. The third-order valence-electron chi connectivity index (χ3n) is 2.85. The smallest absolute Gasteiger partial charge is 0.236 e. The number of hydrogen-bond donors (Lipinski definition) is 1. The highest BCUT2D eigenvalue weighted by Gasteiger charge is 2.12. The summed E-state index contributed by atoms with van der Waals surface area (Å²) in [4.78, 5) is 0. The van der Waals surface area contributed by atoms with Gasteiger partial charge in [0.1, 0.15) is 0 Å². The Morgan fingerprint density at radius 1 is 1.00 bits per heavy atom. The molecule has 19 heavy (non-hydrogen) atoms. The normalized spacial score (nSPS) is 11.3. The van der Waals surface area contributed by atoms with Gasteiger partial charge in [-0.25, -0.2) is 8.42 Å². The number of hydrogen-bond acceptors (Lipinski definition) is 2. The summed E-state index contributed by atoms with van der Waals surface area (Å²) in [6.45, 7) is 3.88. The molecule has 2 rings (SSSR count). The lowest BCUT2D eigenvalue weighted by molar-refractivity contribution is 0.600. The molecule has 0 bridgehead atoms. The molecule has 0 heterocycles. The van der Waals surface area contributed by atoms with Gasteiger partial charge < -0.3 is 0 Å². The minimum absolute atomic E-state index is 0.0127. The lowest BCUT2D eigenvalue weighted by Crippen LogP contribution is -2.15. The van der Waals surface area contributed by atoms with Crippen LogP contribution in [-0.2, 0) is 15.8 Å². The second-order valence-electron chi connectivity index (χ2n) is 4.67. The first-order valence-corrected chi connectivity index (χ1v) is 7.73. The SMILES string of the molecule is Cc1ccc(NS(=O)(=O)Cc2ccccc2)c(C)c1. The van der Waals surface area contributed by atoms with Crippen molar-refractivity contribution in [1.82, 2.24) is 0 Å². The number of sulfonamides is 1. The first-order valence-electron chi connectivity index (χ1n) is 6.08. The van der Waals surface area contributed by atoms with Crippen LogP contribution in [0.4, 0.5) is 5.69 Å². The van der Waals surface area contributed by atoms with E-state index in [2.05, 4.69) is 4.72 Å². The summed E-state index contributed by atoms with van der Waals surface area (Å²) in [5.41, 5.74) is 3.46. The Kier molecular flexibility index (Phi) is 3.90. The molecule has 0 radical (unpaired) electrons. The number of rotatable bonds is 4. The van der Waals surface area contributed by atoms with Gasteiger partial charge in [0.25, 0.3) is 0 Å². The van der Waals surface area contributed by atoms with E-state index in [0.29, 0.717) is 5.69 Å². The molecule has 0 unspecified atom stereocenters. The van der Waals surface area contributed by atoms with Gasteiger partial charge in [-0.05, 0) is 31.0 Å². The monoisotopic (exact) mass is 275 g/mol. The van der Waals surface area contributed by atoms with Crippen LogP contribution in [-0.4, -0.2) is 8.42 Å². The first kappa shape index (κ1) is 13.6. The number of anilines is 1. The second-order valence-corrected chi connectivity index (χ2v) is 6.39. The maximum atomic E-state index is 12.1. The molecule has 0 aliphatic rings. The van der Waals surface area contributed by atoms with E-state index in [9.17, 15) is 8.42 Å². The molecule has 0 spiro atoms. The molecule has 0 amide bonds. The average Bonchev–Trinajstić information content (AvgIpc) is 2.33. The Morgan fingerprint density at radius 2 is 1.68 bits per heavy atom. The molecule has 0 aliphatic heterocycles. The van der Waals surface area contributed by atoms with Gasteiger partial charge in [-0.3, -0.25) is 4.72 Å². The highest BCUT2D eigenvalue weighted by molar-refractivity contribution is 7.91. The molecule has 2 aromatic carbocycles. The predicted octanol–water partition coefficient (Wildman–Crippen LogP) is 3.25. The summed E-state index contributed by atoms with van der Waals surface area (Å²) >= 11 is 0. The minimum Gasteiger partial charge on any atom is -0.283 e. The summed E-state index contributed by atoms with van der Waals surface area (Å²) in [5.74, 6) is -0.0127. The Balaban J connectivity index is 2.17. The Bertz CT molecular complexity index is 664. The molecule has 2 aromatic rings. The van der Waals surface area contributed by atoms with E-state index in [4.69, 9.17) is 0 Å². The molecule has 0 fully saturated rings. The van der Waals surface area contributed by atoms with Gasteiger partial charge >= 0.3 is 0 Å². The van der Waals surface area contributed by atoms with Gasteiger partial charge in [-0.2, -0.15) is 0 Å². The van der Waals surface area contributed by atoms with E-state index in [0.717, 1.165) is 16.7 Å². The molecule has 0 saturated heterocycles. The van der Waals surface area contributed by atoms with Gasteiger partial charge in [0, 0.05) is 0 Å². The van der Waals surface area contributed by atoms with Crippen LogP contribution in [0.15, 0.2) is 48.5 Å². The lowest BCUT2D eigenvalue weighted by Gasteiger charge is -2.11. The third kappa shape index (κ3) is 3.83. The number of aryl methyl sites for hydroxylation is 2. The van der Waals surface area contributed by atoms with E-state index in [1.807, 2.05) is 44.2 Å². The van der Waals surface area contributed by atoms with Crippen molar-refractivity contribution in [2.24, 2.45) is 0 Å². The van der Waals surface area contributed by atoms with E-state index in [1.54, 1.807) is 18.2 Å². The van der Waals surface area contributed by atoms with Crippen LogP contribution in [0, 0.1) is 13.8 Å². The first-order chi connectivity index (χ1) is 8.96. The van der Waals surface area contributed by atoms with E-state index in [1.165, 1.54) is 0 Å². The predicted molar refractivity (Wildman–Crippen MR) is 78.6 cm³/mol. The Morgan fingerprint density at radius 3 is 2.32 bits per heavy atom. The maximum absolute atomic E-state index is 12.1. The third-order valence-corrected chi connectivity index (χ3v) is 4.09. The Labute approximate surface area is 114 Å². The maximum Gasteiger partial charge on any atom is 0.236 e. The van der Waals surface area contributed by atoms with Gasteiger partial charge in [0.2, 0.25) is 10.0 Å². The van der Waals surface area contributed by atoms with E-state index >= 15 is 0 Å². The number of benzene rings is 2. The van der Waals surface area contributed by atoms with E-state index in [-0.39, 0.29) is 5.75 Å². The zero-order valence-electron chi connectivity index (χ0n) is 11.1. The molecule has 0 aliphatic carbocycles. The molecule has 0 saturated carbocycles. The Hall–Kier alpha value is -1.81. The van der Waals surface area contributed by atoms with Crippen molar-refractivity contribution in [2.45, 2.75) is 19.6 Å². The van der Waals surface area contributed by atoms with Crippen LogP contribution < -0.4 is 4.72 Å². The van der Waals surface area contributed by atoms with E-state index < -0.39 is 10.0 Å². The van der Waals surface area contributed by atoms with Crippen LogP contribution in [0.5, 0.6) is 0 Å². The molecule has 100 valence electrons. The van der Waals surface area contributed by atoms with Crippen LogP contribution in [0.2, 0.25) is 0 Å². The average molecular weight is 275 g/mol. The molecule has 4 heteroatoms. The van der Waals surface area contributed by atoms with Crippen LogP contribution in [0.1, 0.15) is 16.7 Å². The summed E-state index contributed by atoms with van der Waals surface area (Å²) in [6.07, 6.45) is 0. The standard InChI is InChI=1S/C15H17NO2S/c1-12-8-9-15(13(2)10-12)16-19(17,18)11-14-6-4-3-5-7-14/h3-10,16H,11H2,1-2H3. The molecule has 3 nitrogen and oxygen atoms in total. The fraction of sp³-hybridized carbons (Fsp3) is 0.200.